The van der Waals surface area contributed by atoms with Crippen LogP contribution >= 0.6 is 0 Å². The molecule has 0 spiro atoms. The Bertz CT molecular complexity index is 355. The Kier molecular flexibility index (Phi) is 3.39. The van der Waals surface area contributed by atoms with Gasteiger partial charge < -0.3 is 5.32 Å². The lowest BCUT2D eigenvalue weighted by Crippen LogP contribution is -2.43. The highest BCUT2D eigenvalue weighted by Crippen LogP contribution is 2.23. The predicted molar refractivity (Wildman–Crippen MR) is 61.1 cm³/mol. The van der Waals surface area contributed by atoms with Crippen molar-refractivity contribution in [2.45, 2.75) is 18.9 Å². The van der Waals surface area contributed by atoms with Crippen LogP contribution in [0.4, 0.5) is 14.5 Å². The number of nitrogens with one attached hydrogen (secondary N) is 1. The molecule has 0 aromatic heterocycles. The number of benzene rings is 1. The van der Waals surface area contributed by atoms with Crippen molar-refractivity contribution in [1.82, 2.24) is 4.90 Å². The van der Waals surface area contributed by atoms with Gasteiger partial charge in [-0.15, -0.1) is 0 Å². The largest absolute Gasteiger partial charge is 0.383 e. The summed E-state index contributed by atoms with van der Waals surface area (Å²) in [4.78, 5) is 1.73. The molecular weight excluding hydrogens is 210 g/mol. The van der Waals surface area contributed by atoms with Crippen molar-refractivity contribution >= 4 is 5.69 Å². The molecule has 0 fully saturated rings. The van der Waals surface area contributed by atoms with Crippen LogP contribution in [0.2, 0.25) is 0 Å². The Morgan fingerprint density at radius 1 is 1.44 bits per heavy atom. The van der Waals surface area contributed by atoms with E-state index in [1.807, 2.05) is 24.3 Å². The van der Waals surface area contributed by atoms with Gasteiger partial charge in [0.2, 0.25) is 0 Å². The Balaban J connectivity index is 2.02. The molecule has 0 bridgehead atoms. The molecule has 0 amide bonds. The molecule has 1 aliphatic heterocycles. The number of fused-ring (bicyclic) bond motifs is 1. The predicted octanol–water partition coefficient (Wildman–Crippen LogP) is 2.22. The second-order valence-corrected chi connectivity index (χ2v) is 4.23. The van der Waals surface area contributed by atoms with E-state index in [0.29, 0.717) is 0 Å². The van der Waals surface area contributed by atoms with Crippen LogP contribution in [0, 0.1) is 0 Å². The standard InChI is InChI=1S/C12H16F2N2/c1-16(8-12(13)14)10-6-9-4-2-3-5-11(9)15-7-10/h2-5,10,12,15H,6-8H2,1H3. The summed E-state index contributed by atoms with van der Waals surface area (Å²) in [6.07, 6.45) is -1.42. The number of halogens is 2. The van der Waals surface area contributed by atoms with E-state index < -0.39 is 6.43 Å². The van der Waals surface area contributed by atoms with Gasteiger partial charge in [0.05, 0.1) is 6.54 Å². The lowest BCUT2D eigenvalue weighted by Gasteiger charge is -2.33. The minimum absolute atomic E-state index is 0.156. The van der Waals surface area contributed by atoms with Crippen LogP contribution in [0.15, 0.2) is 24.3 Å². The molecule has 1 aromatic rings. The van der Waals surface area contributed by atoms with Gasteiger partial charge in [0, 0.05) is 18.3 Å². The fraction of sp³-hybridized carbons (Fsp3) is 0.500. The van der Waals surface area contributed by atoms with Crippen molar-refractivity contribution in [2.24, 2.45) is 0 Å². The summed E-state index contributed by atoms with van der Waals surface area (Å²) in [6, 6.07) is 8.19. The third kappa shape index (κ3) is 2.50. The van der Waals surface area contributed by atoms with Gasteiger partial charge in [-0.1, -0.05) is 18.2 Å². The van der Waals surface area contributed by atoms with Crippen LogP contribution in [0.3, 0.4) is 0 Å². The molecule has 1 N–H and O–H groups in total. The summed E-state index contributed by atoms with van der Waals surface area (Å²) in [7, 11) is 1.76. The maximum atomic E-state index is 12.3. The molecule has 1 aromatic carbocycles. The number of likely N-dealkylation sites (N-methyl/N-ethyl adjacent to an activating group) is 1. The highest BCUT2D eigenvalue weighted by Gasteiger charge is 2.22. The minimum atomic E-state index is -2.26. The molecule has 0 saturated heterocycles. The van der Waals surface area contributed by atoms with Gasteiger partial charge in [0.25, 0.3) is 6.43 Å². The maximum Gasteiger partial charge on any atom is 0.251 e. The van der Waals surface area contributed by atoms with Crippen molar-refractivity contribution in [3.05, 3.63) is 29.8 Å². The number of hydrogen-bond donors (Lipinski definition) is 1. The summed E-state index contributed by atoms with van der Waals surface area (Å²) in [5.41, 5.74) is 2.34. The lowest BCUT2D eigenvalue weighted by molar-refractivity contribution is 0.0825. The van der Waals surface area contributed by atoms with Crippen molar-refractivity contribution < 1.29 is 8.78 Å². The Hall–Kier alpha value is -1.16. The van der Waals surface area contributed by atoms with Crippen molar-refractivity contribution in [3.63, 3.8) is 0 Å². The normalized spacial score (nSPS) is 19.7. The molecule has 1 atom stereocenters. The molecule has 4 heteroatoms. The highest BCUT2D eigenvalue weighted by atomic mass is 19.3. The fourth-order valence-corrected chi connectivity index (χ4v) is 2.10. The van der Waals surface area contributed by atoms with Crippen LogP contribution in [-0.4, -0.2) is 37.5 Å². The van der Waals surface area contributed by atoms with Crippen molar-refractivity contribution in [1.29, 1.82) is 0 Å². The van der Waals surface area contributed by atoms with Crippen LogP contribution < -0.4 is 5.32 Å². The molecule has 2 rings (SSSR count). The van der Waals surface area contributed by atoms with Gasteiger partial charge >= 0.3 is 0 Å². The van der Waals surface area contributed by atoms with E-state index in [2.05, 4.69) is 5.32 Å². The third-order valence-electron chi connectivity index (χ3n) is 3.05. The number of hydrogen-bond acceptors (Lipinski definition) is 2. The van der Waals surface area contributed by atoms with Gasteiger partial charge in [0.1, 0.15) is 0 Å². The summed E-state index contributed by atoms with van der Waals surface area (Å²) in [6.45, 7) is 0.578. The van der Waals surface area contributed by atoms with Gasteiger partial charge in [0.15, 0.2) is 0 Å². The van der Waals surface area contributed by atoms with Crippen LogP contribution in [0.5, 0.6) is 0 Å². The summed E-state index contributed by atoms with van der Waals surface area (Å²) >= 11 is 0. The second-order valence-electron chi connectivity index (χ2n) is 4.23. The number of anilines is 1. The van der Waals surface area contributed by atoms with Gasteiger partial charge in [-0.25, -0.2) is 8.78 Å². The topological polar surface area (TPSA) is 15.3 Å². The first-order valence-electron chi connectivity index (χ1n) is 5.47. The number of alkyl halides is 2. The van der Waals surface area contributed by atoms with Gasteiger partial charge in [-0.3, -0.25) is 4.90 Å². The Labute approximate surface area is 94.3 Å². The number of para-hydroxylation sites is 1. The molecule has 16 heavy (non-hydrogen) atoms. The first kappa shape index (κ1) is 11.3. The van der Waals surface area contributed by atoms with E-state index in [-0.39, 0.29) is 12.6 Å². The van der Waals surface area contributed by atoms with Crippen LogP contribution in [0.1, 0.15) is 5.56 Å². The molecule has 0 saturated carbocycles. The van der Waals surface area contributed by atoms with Crippen LogP contribution in [-0.2, 0) is 6.42 Å². The van der Waals surface area contributed by atoms with Crippen molar-refractivity contribution in [3.8, 4) is 0 Å². The fourth-order valence-electron chi connectivity index (χ4n) is 2.10. The van der Waals surface area contributed by atoms with E-state index >= 15 is 0 Å². The second kappa shape index (κ2) is 4.78. The smallest absolute Gasteiger partial charge is 0.251 e. The molecule has 1 aliphatic rings. The van der Waals surface area contributed by atoms with E-state index in [1.54, 1.807) is 11.9 Å². The quantitative estimate of drug-likeness (QED) is 0.850. The Morgan fingerprint density at radius 3 is 2.94 bits per heavy atom. The van der Waals surface area contributed by atoms with E-state index in [1.165, 1.54) is 5.56 Å². The third-order valence-corrected chi connectivity index (χ3v) is 3.05. The first-order chi connectivity index (χ1) is 7.66. The van der Waals surface area contributed by atoms with Gasteiger partial charge in [-0.05, 0) is 25.1 Å². The lowest BCUT2D eigenvalue weighted by atomic mass is 9.99. The summed E-state index contributed by atoms with van der Waals surface area (Å²) in [5, 5.41) is 3.28. The van der Waals surface area contributed by atoms with E-state index in [4.69, 9.17) is 0 Å². The van der Waals surface area contributed by atoms with E-state index in [0.717, 1.165) is 18.7 Å². The minimum Gasteiger partial charge on any atom is -0.383 e. The average Bonchev–Trinajstić information content (AvgIpc) is 2.27. The molecule has 0 radical (unpaired) electrons. The molecule has 88 valence electrons. The number of nitrogens with zero attached hydrogens (tertiary/aromatic N) is 1. The molecule has 1 heterocycles. The molecule has 1 unspecified atom stereocenters. The van der Waals surface area contributed by atoms with Gasteiger partial charge in [-0.2, -0.15) is 0 Å². The summed E-state index contributed by atoms with van der Waals surface area (Å²) < 4.78 is 24.5. The molecule has 2 nitrogen and oxygen atoms in total. The zero-order chi connectivity index (χ0) is 11.5. The number of rotatable bonds is 3. The summed E-state index contributed by atoms with van der Waals surface area (Å²) in [5.74, 6) is 0. The van der Waals surface area contributed by atoms with Crippen molar-refractivity contribution in [2.75, 3.05) is 25.5 Å². The highest BCUT2D eigenvalue weighted by molar-refractivity contribution is 5.53. The van der Waals surface area contributed by atoms with E-state index in [9.17, 15) is 8.78 Å². The monoisotopic (exact) mass is 226 g/mol. The maximum absolute atomic E-state index is 12.3. The first-order valence-corrected chi connectivity index (χ1v) is 5.47. The molecular formula is C12H16F2N2. The zero-order valence-electron chi connectivity index (χ0n) is 9.29. The zero-order valence-corrected chi connectivity index (χ0v) is 9.29. The average molecular weight is 226 g/mol. The van der Waals surface area contributed by atoms with Crippen LogP contribution in [0.25, 0.3) is 0 Å². The molecule has 0 aliphatic carbocycles. The Morgan fingerprint density at radius 2 is 2.19 bits per heavy atom. The SMILES string of the molecule is CN(CC(F)F)C1CNc2ccccc2C1.